The van der Waals surface area contributed by atoms with Crippen molar-refractivity contribution in [1.29, 1.82) is 0 Å². The highest BCUT2D eigenvalue weighted by Gasteiger charge is 2.22. The van der Waals surface area contributed by atoms with Gasteiger partial charge in [0.05, 0.1) is 0 Å². The van der Waals surface area contributed by atoms with E-state index in [2.05, 4.69) is 19.2 Å². The predicted molar refractivity (Wildman–Crippen MR) is 66.5 cm³/mol. The van der Waals surface area contributed by atoms with E-state index in [-0.39, 0.29) is 12.0 Å². The van der Waals surface area contributed by atoms with Gasteiger partial charge in [0.1, 0.15) is 6.04 Å². The van der Waals surface area contributed by atoms with Gasteiger partial charge in [0.2, 0.25) is 0 Å². The van der Waals surface area contributed by atoms with Crippen LogP contribution in [0.15, 0.2) is 0 Å². The number of carboxylic acids is 1. The number of carbonyl (C=O) groups is 1. The zero-order valence-electron chi connectivity index (χ0n) is 10.1. The van der Waals surface area contributed by atoms with E-state index in [1.807, 2.05) is 25.6 Å². The predicted octanol–water partition coefficient (Wildman–Crippen LogP) is 2.22. The summed E-state index contributed by atoms with van der Waals surface area (Å²) in [6.07, 6.45) is 1.02. The van der Waals surface area contributed by atoms with Crippen LogP contribution in [0.4, 0.5) is 0 Å². The van der Waals surface area contributed by atoms with Gasteiger partial charge in [-0.2, -0.15) is 11.8 Å². The van der Waals surface area contributed by atoms with Crippen molar-refractivity contribution < 1.29 is 9.90 Å². The van der Waals surface area contributed by atoms with E-state index < -0.39 is 12.0 Å². The Balaban J connectivity index is 3.89. The highest BCUT2D eigenvalue weighted by molar-refractivity contribution is 7.99. The molecule has 0 aliphatic carbocycles. The van der Waals surface area contributed by atoms with Crippen LogP contribution < -0.4 is 5.32 Å². The maximum absolute atomic E-state index is 10.9. The van der Waals surface area contributed by atoms with E-state index in [1.165, 1.54) is 0 Å². The Morgan fingerprint density at radius 3 is 2.40 bits per heavy atom. The lowest BCUT2D eigenvalue weighted by atomic mass is 10.0. The molecule has 0 radical (unpaired) electrons. The van der Waals surface area contributed by atoms with Gasteiger partial charge in [-0.25, -0.2) is 0 Å². The monoisotopic (exact) mass is 233 g/mol. The minimum Gasteiger partial charge on any atom is -0.480 e. The van der Waals surface area contributed by atoms with E-state index in [1.54, 1.807) is 0 Å². The second-order valence-electron chi connectivity index (χ2n) is 4.11. The molecule has 0 bridgehead atoms. The van der Waals surface area contributed by atoms with E-state index in [4.69, 9.17) is 5.11 Å². The van der Waals surface area contributed by atoms with Gasteiger partial charge < -0.3 is 10.4 Å². The highest BCUT2D eigenvalue weighted by atomic mass is 32.2. The van der Waals surface area contributed by atoms with Crippen molar-refractivity contribution in [3.63, 3.8) is 0 Å². The summed E-state index contributed by atoms with van der Waals surface area (Å²) in [5.74, 6) is 1.60. The number of hydrogen-bond acceptors (Lipinski definition) is 3. The van der Waals surface area contributed by atoms with Gasteiger partial charge in [0, 0.05) is 6.04 Å². The van der Waals surface area contributed by atoms with Crippen molar-refractivity contribution in [2.45, 2.75) is 46.2 Å². The summed E-state index contributed by atoms with van der Waals surface area (Å²) < 4.78 is 0. The quantitative estimate of drug-likeness (QED) is 0.631. The molecule has 2 atom stereocenters. The average Bonchev–Trinajstić information content (AvgIpc) is 2.13. The molecule has 0 spiro atoms. The lowest BCUT2D eigenvalue weighted by Gasteiger charge is -2.22. The van der Waals surface area contributed by atoms with Crippen LogP contribution in [-0.4, -0.2) is 34.7 Å². The van der Waals surface area contributed by atoms with Crippen LogP contribution in [0.5, 0.6) is 0 Å². The minimum absolute atomic E-state index is 0.128. The second kappa shape index (κ2) is 7.99. The average molecular weight is 233 g/mol. The third-order valence-electron chi connectivity index (χ3n) is 2.30. The fourth-order valence-electron chi connectivity index (χ4n) is 1.34. The molecule has 2 unspecified atom stereocenters. The first kappa shape index (κ1) is 14.8. The van der Waals surface area contributed by atoms with Crippen LogP contribution in [0.1, 0.15) is 34.1 Å². The third-order valence-corrected chi connectivity index (χ3v) is 3.23. The Labute approximate surface area is 97.0 Å². The van der Waals surface area contributed by atoms with E-state index in [0.717, 1.165) is 17.9 Å². The standard InChI is InChI=1S/C11H23NO2S/c1-5-15-7-6-9(4)12-10(8(2)3)11(13)14/h8-10,12H,5-7H2,1-4H3,(H,13,14). The molecule has 90 valence electrons. The van der Waals surface area contributed by atoms with Gasteiger partial charge >= 0.3 is 5.97 Å². The molecule has 0 heterocycles. The van der Waals surface area contributed by atoms with Crippen molar-refractivity contribution in [3.8, 4) is 0 Å². The number of hydrogen-bond donors (Lipinski definition) is 2. The summed E-state index contributed by atoms with van der Waals surface area (Å²) in [7, 11) is 0. The molecule has 0 saturated heterocycles. The van der Waals surface area contributed by atoms with E-state index >= 15 is 0 Å². The molecule has 0 saturated carbocycles. The number of aliphatic carboxylic acids is 1. The van der Waals surface area contributed by atoms with Gasteiger partial charge in [-0.3, -0.25) is 4.79 Å². The van der Waals surface area contributed by atoms with E-state index in [9.17, 15) is 4.79 Å². The molecule has 2 N–H and O–H groups in total. The molecule has 0 aromatic carbocycles. The fourth-order valence-corrected chi connectivity index (χ4v) is 2.15. The molecule has 0 rings (SSSR count). The molecule has 0 aromatic rings. The number of thioether (sulfide) groups is 1. The Bertz CT molecular complexity index is 185. The van der Waals surface area contributed by atoms with Crippen molar-refractivity contribution in [3.05, 3.63) is 0 Å². The number of carboxylic acid groups (broad SMARTS) is 1. The van der Waals surface area contributed by atoms with Crippen molar-refractivity contribution in [2.75, 3.05) is 11.5 Å². The van der Waals surface area contributed by atoms with Crippen LogP contribution in [0.25, 0.3) is 0 Å². The molecule has 3 nitrogen and oxygen atoms in total. The molecule has 15 heavy (non-hydrogen) atoms. The number of nitrogens with one attached hydrogen (secondary N) is 1. The summed E-state index contributed by atoms with van der Waals surface area (Å²) in [4.78, 5) is 10.9. The lowest BCUT2D eigenvalue weighted by Crippen LogP contribution is -2.45. The Morgan fingerprint density at radius 2 is 2.00 bits per heavy atom. The largest absolute Gasteiger partial charge is 0.480 e. The van der Waals surface area contributed by atoms with Crippen LogP contribution >= 0.6 is 11.8 Å². The van der Waals surface area contributed by atoms with Gasteiger partial charge in [-0.1, -0.05) is 20.8 Å². The molecule has 4 heteroatoms. The smallest absolute Gasteiger partial charge is 0.320 e. The molecule has 0 amide bonds. The zero-order chi connectivity index (χ0) is 11.8. The summed E-state index contributed by atoms with van der Waals surface area (Å²) in [5.41, 5.74) is 0. The van der Waals surface area contributed by atoms with Crippen molar-refractivity contribution in [1.82, 2.24) is 5.32 Å². The summed E-state index contributed by atoms with van der Waals surface area (Å²) >= 11 is 1.89. The summed E-state index contributed by atoms with van der Waals surface area (Å²) in [6, 6.07) is -0.154. The SMILES string of the molecule is CCSCCC(C)NC(C(=O)O)C(C)C. The molecule has 0 fully saturated rings. The van der Waals surface area contributed by atoms with E-state index in [0.29, 0.717) is 0 Å². The Kier molecular flexibility index (Phi) is 7.88. The van der Waals surface area contributed by atoms with Gasteiger partial charge in [0.25, 0.3) is 0 Å². The molecule has 0 aliphatic rings. The van der Waals surface area contributed by atoms with Crippen LogP contribution in [0, 0.1) is 5.92 Å². The van der Waals surface area contributed by atoms with Crippen LogP contribution in [0.2, 0.25) is 0 Å². The van der Waals surface area contributed by atoms with Gasteiger partial charge in [-0.05, 0) is 30.8 Å². The lowest BCUT2D eigenvalue weighted by molar-refractivity contribution is -0.140. The first-order valence-electron chi connectivity index (χ1n) is 5.55. The summed E-state index contributed by atoms with van der Waals surface area (Å²) in [5, 5.41) is 12.2. The normalized spacial score (nSPS) is 15.3. The van der Waals surface area contributed by atoms with Gasteiger partial charge in [0.15, 0.2) is 0 Å². The molecule has 0 aliphatic heterocycles. The Morgan fingerprint density at radius 1 is 1.40 bits per heavy atom. The summed E-state index contributed by atoms with van der Waals surface area (Å²) in [6.45, 7) is 8.05. The van der Waals surface area contributed by atoms with Gasteiger partial charge in [-0.15, -0.1) is 0 Å². The van der Waals surface area contributed by atoms with Crippen LogP contribution in [-0.2, 0) is 4.79 Å². The molecular formula is C11H23NO2S. The topological polar surface area (TPSA) is 49.3 Å². The molecule has 0 aromatic heterocycles. The zero-order valence-corrected chi connectivity index (χ0v) is 10.9. The third kappa shape index (κ3) is 6.79. The maximum Gasteiger partial charge on any atom is 0.320 e. The van der Waals surface area contributed by atoms with Crippen LogP contribution in [0.3, 0.4) is 0 Å². The fraction of sp³-hybridized carbons (Fsp3) is 0.909. The van der Waals surface area contributed by atoms with Crippen molar-refractivity contribution >= 4 is 17.7 Å². The van der Waals surface area contributed by atoms with Crippen molar-refractivity contribution in [2.24, 2.45) is 5.92 Å². The Hall–Kier alpha value is -0.220. The number of rotatable bonds is 8. The molecular weight excluding hydrogens is 210 g/mol. The maximum atomic E-state index is 10.9. The highest BCUT2D eigenvalue weighted by Crippen LogP contribution is 2.07. The first-order valence-corrected chi connectivity index (χ1v) is 6.71. The second-order valence-corrected chi connectivity index (χ2v) is 5.51. The first-order chi connectivity index (χ1) is 6.99. The minimum atomic E-state index is -0.750.